The van der Waals surface area contributed by atoms with Crippen LogP contribution in [0.5, 0.6) is 0 Å². The van der Waals surface area contributed by atoms with E-state index in [0.717, 1.165) is 0 Å². The third-order valence-electron chi connectivity index (χ3n) is 2.93. The highest BCUT2D eigenvalue weighted by Crippen LogP contribution is 2.17. The van der Waals surface area contributed by atoms with Gasteiger partial charge >= 0.3 is 0 Å². The predicted octanol–water partition coefficient (Wildman–Crippen LogP) is 0.0200. The number of hydrogen-bond acceptors (Lipinski definition) is 4. The molecule has 1 rings (SSSR count). The Balaban J connectivity index is 2.52. The molecule has 0 saturated carbocycles. The summed E-state index contributed by atoms with van der Waals surface area (Å²) >= 11 is 0. The number of hydrogen-bond donors (Lipinski definition) is 1. The molecule has 1 fully saturated rings. The summed E-state index contributed by atoms with van der Waals surface area (Å²) in [5, 5.41) is 2.82. The summed E-state index contributed by atoms with van der Waals surface area (Å²) < 4.78 is 22.8. The zero-order chi connectivity index (χ0) is 13.1. The maximum absolute atomic E-state index is 11.6. The molecule has 0 spiro atoms. The van der Waals surface area contributed by atoms with Crippen molar-refractivity contribution in [1.82, 2.24) is 10.2 Å². The van der Waals surface area contributed by atoms with Gasteiger partial charge < -0.3 is 5.32 Å². The second-order valence-corrected chi connectivity index (χ2v) is 7.07. The quantitative estimate of drug-likeness (QED) is 0.758. The van der Waals surface area contributed by atoms with Crippen LogP contribution in [0.1, 0.15) is 27.2 Å². The second kappa shape index (κ2) is 5.82. The zero-order valence-electron chi connectivity index (χ0n) is 10.8. The van der Waals surface area contributed by atoms with Crippen molar-refractivity contribution in [2.45, 2.75) is 39.3 Å². The Labute approximate surface area is 103 Å². The fraction of sp³-hybridized carbons (Fsp3) is 0.909. The Morgan fingerprint density at radius 1 is 1.47 bits per heavy atom. The number of nitrogens with zero attached hydrogens (tertiary/aromatic N) is 1. The summed E-state index contributed by atoms with van der Waals surface area (Å²) in [4.78, 5) is 13.6. The molecule has 1 amide bonds. The molecule has 0 bridgehead atoms. The lowest BCUT2D eigenvalue weighted by Gasteiger charge is -2.26. The fourth-order valence-electron chi connectivity index (χ4n) is 2.11. The van der Waals surface area contributed by atoms with Crippen molar-refractivity contribution >= 4 is 15.7 Å². The number of sulfone groups is 1. The van der Waals surface area contributed by atoms with Crippen LogP contribution in [-0.4, -0.2) is 55.9 Å². The normalized spacial score (nSPS) is 23.2. The van der Waals surface area contributed by atoms with Crippen LogP contribution in [0.15, 0.2) is 0 Å². The molecule has 1 aliphatic heterocycles. The maximum Gasteiger partial charge on any atom is 0.234 e. The van der Waals surface area contributed by atoms with Gasteiger partial charge in [0.15, 0.2) is 9.84 Å². The van der Waals surface area contributed by atoms with Crippen molar-refractivity contribution in [3.05, 3.63) is 0 Å². The van der Waals surface area contributed by atoms with Gasteiger partial charge in [0, 0.05) is 12.1 Å². The third-order valence-corrected chi connectivity index (χ3v) is 4.68. The van der Waals surface area contributed by atoms with Gasteiger partial charge in [0.2, 0.25) is 5.91 Å². The van der Waals surface area contributed by atoms with E-state index in [4.69, 9.17) is 0 Å². The highest BCUT2D eigenvalue weighted by molar-refractivity contribution is 7.91. The Morgan fingerprint density at radius 2 is 2.12 bits per heavy atom. The molecular weight excluding hydrogens is 240 g/mol. The van der Waals surface area contributed by atoms with Crippen LogP contribution >= 0.6 is 0 Å². The van der Waals surface area contributed by atoms with Crippen molar-refractivity contribution in [3.63, 3.8) is 0 Å². The first kappa shape index (κ1) is 14.4. The molecule has 1 unspecified atom stereocenters. The number of likely N-dealkylation sites (N-methyl/N-ethyl adjacent to an activating group) is 1. The minimum absolute atomic E-state index is 0.00270. The lowest BCUT2D eigenvalue weighted by molar-refractivity contribution is -0.123. The average Bonchev–Trinajstić information content (AvgIpc) is 2.54. The van der Waals surface area contributed by atoms with E-state index in [2.05, 4.69) is 5.32 Å². The molecule has 1 heterocycles. The minimum Gasteiger partial charge on any atom is -0.353 e. The van der Waals surface area contributed by atoms with E-state index < -0.39 is 9.84 Å². The van der Waals surface area contributed by atoms with Crippen LogP contribution in [0, 0.1) is 0 Å². The molecule has 1 N–H and O–H groups in total. The molecule has 5 nitrogen and oxygen atoms in total. The monoisotopic (exact) mass is 262 g/mol. The van der Waals surface area contributed by atoms with Gasteiger partial charge in [-0.3, -0.25) is 9.69 Å². The van der Waals surface area contributed by atoms with Crippen molar-refractivity contribution in [2.24, 2.45) is 0 Å². The highest BCUT2D eigenvalue weighted by atomic mass is 32.2. The Morgan fingerprint density at radius 3 is 2.53 bits per heavy atom. The lowest BCUT2D eigenvalue weighted by Crippen LogP contribution is -2.45. The summed E-state index contributed by atoms with van der Waals surface area (Å²) in [6.45, 7) is 6.76. The predicted molar refractivity (Wildman–Crippen MR) is 67.6 cm³/mol. The molecule has 1 atom stereocenters. The molecule has 17 heavy (non-hydrogen) atoms. The zero-order valence-corrected chi connectivity index (χ0v) is 11.6. The molecule has 0 radical (unpaired) electrons. The van der Waals surface area contributed by atoms with Crippen LogP contribution < -0.4 is 5.32 Å². The van der Waals surface area contributed by atoms with Crippen molar-refractivity contribution in [2.75, 3.05) is 24.6 Å². The van der Waals surface area contributed by atoms with Crippen molar-refractivity contribution in [3.8, 4) is 0 Å². The maximum atomic E-state index is 11.6. The molecule has 1 aliphatic rings. The summed E-state index contributed by atoms with van der Waals surface area (Å²) in [7, 11) is -2.88. The largest absolute Gasteiger partial charge is 0.353 e. The molecule has 6 heteroatoms. The summed E-state index contributed by atoms with van der Waals surface area (Å²) in [6.07, 6.45) is 0.644. The van der Waals surface area contributed by atoms with Gasteiger partial charge in [-0.15, -0.1) is 0 Å². The lowest BCUT2D eigenvalue weighted by atomic mass is 10.2. The number of carbonyl (C=O) groups excluding carboxylic acids is 1. The van der Waals surface area contributed by atoms with E-state index in [-0.39, 0.29) is 36.0 Å². The molecule has 0 aliphatic carbocycles. The van der Waals surface area contributed by atoms with Gasteiger partial charge in [0.25, 0.3) is 0 Å². The average molecular weight is 262 g/mol. The van der Waals surface area contributed by atoms with E-state index in [0.29, 0.717) is 13.0 Å². The molecule has 0 aromatic rings. The van der Waals surface area contributed by atoms with Crippen LogP contribution in [0.2, 0.25) is 0 Å². The number of rotatable bonds is 5. The van der Waals surface area contributed by atoms with E-state index >= 15 is 0 Å². The van der Waals surface area contributed by atoms with Gasteiger partial charge in [-0.25, -0.2) is 8.42 Å². The van der Waals surface area contributed by atoms with Crippen molar-refractivity contribution in [1.29, 1.82) is 0 Å². The van der Waals surface area contributed by atoms with Crippen LogP contribution in [0.3, 0.4) is 0 Å². The Kier molecular flexibility index (Phi) is 4.94. The van der Waals surface area contributed by atoms with Gasteiger partial charge in [-0.05, 0) is 26.8 Å². The number of amides is 1. The van der Waals surface area contributed by atoms with E-state index in [1.165, 1.54) is 0 Å². The molecule has 1 saturated heterocycles. The number of carbonyl (C=O) groups is 1. The summed E-state index contributed by atoms with van der Waals surface area (Å²) in [5.41, 5.74) is 0. The SMILES string of the molecule is CCN(CC(=O)NC(C)C)C1CCS(=O)(=O)C1. The molecule has 0 aromatic heterocycles. The minimum atomic E-state index is -2.88. The number of nitrogens with one attached hydrogen (secondary N) is 1. The second-order valence-electron chi connectivity index (χ2n) is 4.84. The molecular formula is C11H22N2O3S. The Hall–Kier alpha value is -0.620. The summed E-state index contributed by atoms with van der Waals surface area (Å²) in [5.74, 6) is 0.404. The molecule has 0 aromatic carbocycles. The van der Waals surface area contributed by atoms with Gasteiger partial charge in [-0.1, -0.05) is 6.92 Å². The Bertz CT molecular complexity index is 365. The standard InChI is InChI=1S/C11H22N2O3S/c1-4-13(7-11(14)12-9(2)3)10-5-6-17(15,16)8-10/h9-10H,4-8H2,1-3H3,(H,12,14). The fourth-order valence-corrected chi connectivity index (χ4v) is 3.88. The van der Waals surface area contributed by atoms with Gasteiger partial charge in [-0.2, -0.15) is 0 Å². The van der Waals surface area contributed by atoms with Crippen LogP contribution in [0.25, 0.3) is 0 Å². The first-order chi connectivity index (χ1) is 7.84. The van der Waals surface area contributed by atoms with Gasteiger partial charge in [0.1, 0.15) is 0 Å². The highest BCUT2D eigenvalue weighted by Gasteiger charge is 2.32. The van der Waals surface area contributed by atoms with E-state index in [9.17, 15) is 13.2 Å². The first-order valence-corrected chi connectivity index (χ1v) is 7.90. The van der Waals surface area contributed by atoms with Crippen LogP contribution in [-0.2, 0) is 14.6 Å². The van der Waals surface area contributed by atoms with Crippen molar-refractivity contribution < 1.29 is 13.2 Å². The summed E-state index contributed by atoms with van der Waals surface area (Å²) in [6, 6.07) is 0.122. The van der Waals surface area contributed by atoms with Crippen LogP contribution in [0.4, 0.5) is 0 Å². The van der Waals surface area contributed by atoms with E-state index in [1.807, 2.05) is 25.7 Å². The topological polar surface area (TPSA) is 66.5 Å². The van der Waals surface area contributed by atoms with E-state index in [1.54, 1.807) is 0 Å². The first-order valence-electron chi connectivity index (χ1n) is 6.08. The third kappa shape index (κ3) is 4.63. The van der Waals surface area contributed by atoms with Gasteiger partial charge in [0.05, 0.1) is 18.1 Å². The smallest absolute Gasteiger partial charge is 0.234 e. The molecule has 100 valence electrons.